The average molecular weight is 445 g/mol. The molecule has 0 aliphatic heterocycles. The molecule has 162 valence electrons. The zero-order valence-corrected chi connectivity index (χ0v) is 18.6. The fourth-order valence-electron chi connectivity index (χ4n) is 3.93. The quantitative estimate of drug-likeness (QED) is 0.312. The van der Waals surface area contributed by atoms with Gasteiger partial charge in [0.15, 0.2) is 6.19 Å². The summed E-state index contributed by atoms with van der Waals surface area (Å²) in [6.45, 7) is 2.01. The highest BCUT2D eigenvalue weighted by molar-refractivity contribution is 7.17. The molecule has 6 nitrogen and oxygen atoms in total. The third-order valence-electron chi connectivity index (χ3n) is 5.62. The summed E-state index contributed by atoms with van der Waals surface area (Å²) < 4.78 is 1.13. The standard InChI is InChI=1S/C25H24N4O2S/c1-2-29(16-26)25(31)22(13-18-15-32-23-10-6-4-8-20(18)23)28-24(30)12-11-17-14-27-21-9-5-3-7-19(17)21/h3-10,14-15,22,27H,2,11-13H2,1H3,(H,28,30). The first-order valence-electron chi connectivity index (χ1n) is 10.6. The second-order valence-electron chi connectivity index (χ2n) is 7.62. The molecule has 4 rings (SSSR count). The van der Waals surface area contributed by atoms with E-state index in [0.29, 0.717) is 12.8 Å². The molecule has 2 N–H and O–H groups in total. The fraction of sp³-hybridized carbons (Fsp3) is 0.240. The Morgan fingerprint density at radius 3 is 2.66 bits per heavy atom. The highest BCUT2D eigenvalue weighted by Gasteiger charge is 2.26. The molecular formula is C25H24N4O2S. The van der Waals surface area contributed by atoms with E-state index < -0.39 is 6.04 Å². The number of aromatic amines is 1. The highest BCUT2D eigenvalue weighted by atomic mass is 32.1. The zero-order chi connectivity index (χ0) is 22.5. The van der Waals surface area contributed by atoms with Gasteiger partial charge in [-0.3, -0.25) is 9.59 Å². The van der Waals surface area contributed by atoms with Crippen molar-refractivity contribution < 1.29 is 9.59 Å². The summed E-state index contributed by atoms with van der Waals surface area (Å²) in [5, 5.41) is 16.4. The Hall–Kier alpha value is -3.63. The number of nitriles is 1. The number of H-pyrrole nitrogens is 1. The number of hydrogen-bond donors (Lipinski definition) is 2. The Labute approximate surface area is 190 Å². The third kappa shape index (κ3) is 4.51. The van der Waals surface area contributed by atoms with Gasteiger partial charge in [0.2, 0.25) is 5.91 Å². The van der Waals surface area contributed by atoms with Gasteiger partial charge in [-0.2, -0.15) is 5.26 Å². The molecular weight excluding hydrogens is 420 g/mol. The molecule has 32 heavy (non-hydrogen) atoms. The minimum absolute atomic E-state index is 0.206. The Morgan fingerprint density at radius 1 is 1.12 bits per heavy atom. The van der Waals surface area contributed by atoms with Gasteiger partial charge in [-0.1, -0.05) is 36.4 Å². The van der Waals surface area contributed by atoms with Crippen molar-refractivity contribution >= 4 is 44.1 Å². The van der Waals surface area contributed by atoms with Crippen molar-refractivity contribution in [2.45, 2.75) is 32.2 Å². The number of rotatable bonds is 8. The molecule has 2 aromatic carbocycles. The van der Waals surface area contributed by atoms with Gasteiger partial charge in [0.1, 0.15) is 6.04 Å². The SMILES string of the molecule is CCN(C#N)C(=O)C(Cc1csc2ccccc12)NC(=O)CCc1c[nH]c2ccccc12. The maximum absolute atomic E-state index is 13.0. The predicted octanol–water partition coefficient (Wildman–Crippen LogP) is 4.37. The molecule has 4 aromatic rings. The molecule has 0 aliphatic rings. The number of amides is 2. The number of aryl methyl sites for hydroxylation is 1. The molecule has 2 heterocycles. The van der Waals surface area contributed by atoms with Crippen molar-refractivity contribution in [1.82, 2.24) is 15.2 Å². The first-order valence-corrected chi connectivity index (χ1v) is 11.5. The van der Waals surface area contributed by atoms with Crippen LogP contribution in [-0.2, 0) is 22.4 Å². The van der Waals surface area contributed by atoms with Crippen LogP contribution in [0.2, 0.25) is 0 Å². The monoisotopic (exact) mass is 444 g/mol. The number of nitrogens with zero attached hydrogens (tertiary/aromatic N) is 2. The Bertz CT molecular complexity index is 1300. The van der Waals surface area contributed by atoms with Gasteiger partial charge in [-0.25, -0.2) is 4.90 Å². The minimum atomic E-state index is -0.789. The Balaban J connectivity index is 1.49. The fourth-order valence-corrected chi connectivity index (χ4v) is 4.90. The zero-order valence-electron chi connectivity index (χ0n) is 17.8. The number of carbonyl (C=O) groups is 2. The summed E-state index contributed by atoms with van der Waals surface area (Å²) in [4.78, 5) is 30.1. The van der Waals surface area contributed by atoms with E-state index in [9.17, 15) is 14.9 Å². The van der Waals surface area contributed by atoms with Crippen molar-refractivity contribution in [3.63, 3.8) is 0 Å². The molecule has 1 atom stereocenters. The van der Waals surface area contributed by atoms with Gasteiger partial charge in [0.05, 0.1) is 0 Å². The largest absolute Gasteiger partial charge is 0.361 e. The summed E-state index contributed by atoms with van der Waals surface area (Å²) in [5.41, 5.74) is 3.09. The molecule has 0 fully saturated rings. The van der Waals surface area contributed by atoms with E-state index in [1.54, 1.807) is 18.3 Å². The average Bonchev–Trinajstić information content (AvgIpc) is 3.42. The van der Waals surface area contributed by atoms with Crippen LogP contribution >= 0.6 is 11.3 Å². The van der Waals surface area contributed by atoms with E-state index in [0.717, 1.165) is 37.0 Å². The smallest absolute Gasteiger partial charge is 0.258 e. The highest BCUT2D eigenvalue weighted by Crippen LogP contribution is 2.27. The molecule has 2 amide bonds. The van der Waals surface area contributed by atoms with Crippen molar-refractivity contribution in [3.8, 4) is 6.19 Å². The van der Waals surface area contributed by atoms with Crippen molar-refractivity contribution in [2.24, 2.45) is 0 Å². The summed E-state index contributed by atoms with van der Waals surface area (Å²) in [7, 11) is 0. The lowest BCUT2D eigenvalue weighted by molar-refractivity contribution is -0.133. The number of nitrogens with one attached hydrogen (secondary N) is 2. The number of aromatic nitrogens is 1. The van der Waals surface area contributed by atoms with Crippen molar-refractivity contribution in [1.29, 1.82) is 5.26 Å². The lowest BCUT2D eigenvalue weighted by Crippen LogP contribution is -2.48. The van der Waals surface area contributed by atoms with Crippen LogP contribution in [0.15, 0.2) is 60.1 Å². The molecule has 0 bridgehead atoms. The molecule has 0 saturated carbocycles. The van der Waals surface area contributed by atoms with Gasteiger partial charge in [0, 0.05) is 41.2 Å². The van der Waals surface area contributed by atoms with Gasteiger partial charge in [-0.05, 0) is 47.4 Å². The van der Waals surface area contributed by atoms with E-state index in [2.05, 4.69) is 10.3 Å². The van der Waals surface area contributed by atoms with Crippen LogP contribution in [0.3, 0.4) is 0 Å². The normalized spacial score (nSPS) is 11.9. The van der Waals surface area contributed by atoms with Gasteiger partial charge in [-0.15, -0.1) is 11.3 Å². The number of carbonyl (C=O) groups excluding carboxylic acids is 2. The second kappa shape index (κ2) is 9.67. The lowest BCUT2D eigenvalue weighted by atomic mass is 10.0. The first-order chi connectivity index (χ1) is 15.6. The number of likely N-dealkylation sites (N-methyl/N-ethyl adjacent to an activating group) is 1. The molecule has 1 unspecified atom stereocenters. The summed E-state index contributed by atoms with van der Waals surface area (Å²) >= 11 is 1.61. The number of benzene rings is 2. The van der Waals surface area contributed by atoms with Crippen molar-refractivity contribution in [3.05, 3.63) is 71.2 Å². The summed E-state index contributed by atoms with van der Waals surface area (Å²) in [5.74, 6) is -0.590. The van der Waals surface area contributed by atoms with Crippen LogP contribution < -0.4 is 5.32 Å². The van der Waals surface area contributed by atoms with Crippen LogP contribution in [0, 0.1) is 11.5 Å². The molecule has 2 aromatic heterocycles. The number of fused-ring (bicyclic) bond motifs is 2. The maximum atomic E-state index is 13.0. The lowest BCUT2D eigenvalue weighted by Gasteiger charge is -2.21. The number of thiophene rings is 1. The molecule has 0 radical (unpaired) electrons. The topological polar surface area (TPSA) is 89.0 Å². The van der Waals surface area contributed by atoms with E-state index in [1.807, 2.05) is 66.3 Å². The first kappa shape index (κ1) is 21.6. The summed E-state index contributed by atoms with van der Waals surface area (Å²) in [6, 6.07) is 15.2. The van der Waals surface area contributed by atoms with Crippen LogP contribution in [0.25, 0.3) is 21.0 Å². The second-order valence-corrected chi connectivity index (χ2v) is 8.53. The molecule has 0 spiro atoms. The van der Waals surface area contributed by atoms with E-state index in [-0.39, 0.29) is 24.8 Å². The van der Waals surface area contributed by atoms with Gasteiger partial charge >= 0.3 is 0 Å². The van der Waals surface area contributed by atoms with Gasteiger partial charge in [0.25, 0.3) is 5.91 Å². The van der Waals surface area contributed by atoms with E-state index in [1.165, 1.54) is 0 Å². The third-order valence-corrected chi connectivity index (χ3v) is 6.63. The van der Waals surface area contributed by atoms with E-state index >= 15 is 0 Å². The van der Waals surface area contributed by atoms with Gasteiger partial charge < -0.3 is 10.3 Å². The predicted molar refractivity (Wildman–Crippen MR) is 127 cm³/mol. The molecule has 7 heteroatoms. The number of para-hydroxylation sites is 1. The molecule has 0 aliphatic carbocycles. The summed E-state index contributed by atoms with van der Waals surface area (Å²) in [6.07, 6.45) is 5.02. The van der Waals surface area contributed by atoms with Crippen molar-refractivity contribution in [2.75, 3.05) is 6.54 Å². The minimum Gasteiger partial charge on any atom is -0.361 e. The van der Waals surface area contributed by atoms with Crippen LogP contribution in [0.4, 0.5) is 0 Å². The van der Waals surface area contributed by atoms with Crippen LogP contribution in [0.5, 0.6) is 0 Å². The van der Waals surface area contributed by atoms with E-state index in [4.69, 9.17) is 0 Å². The van der Waals surface area contributed by atoms with Crippen LogP contribution in [0.1, 0.15) is 24.5 Å². The Kier molecular flexibility index (Phi) is 6.52. The maximum Gasteiger partial charge on any atom is 0.258 e. The Morgan fingerprint density at radius 2 is 1.88 bits per heavy atom. The number of hydrogen-bond acceptors (Lipinski definition) is 4. The van der Waals surface area contributed by atoms with Crippen LogP contribution in [-0.4, -0.2) is 34.3 Å². The molecule has 0 saturated heterocycles.